The molecule has 0 radical (unpaired) electrons. The Balaban J connectivity index is 1.67. The zero-order valence-corrected chi connectivity index (χ0v) is 16.8. The van der Waals surface area contributed by atoms with E-state index in [1.54, 1.807) is 6.19 Å². The van der Waals surface area contributed by atoms with Gasteiger partial charge < -0.3 is 10.6 Å². The van der Waals surface area contributed by atoms with Crippen molar-refractivity contribution >= 4 is 39.7 Å². The third-order valence-electron chi connectivity index (χ3n) is 4.74. The van der Waals surface area contributed by atoms with Gasteiger partial charge in [0, 0.05) is 12.1 Å². The minimum absolute atomic E-state index is 0.0280. The second-order valence-corrected chi connectivity index (χ2v) is 9.05. The standard InChI is InChI=1S/C18H28N4O2S2/c19-13-20-18(25-11-16(23)21-14-7-3-1-4-8-14)26-12-17(24)22-15-9-5-2-6-10-15/h14-15H,1-12H2,(H,21,23)(H,22,24). The van der Waals surface area contributed by atoms with Crippen molar-refractivity contribution < 1.29 is 9.59 Å². The number of hydrogen-bond donors (Lipinski definition) is 2. The Morgan fingerprint density at radius 2 is 1.27 bits per heavy atom. The molecular formula is C18H28N4O2S2. The molecule has 0 aromatic rings. The fraction of sp³-hybridized carbons (Fsp3) is 0.778. The molecule has 2 rings (SSSR count). The summed E-state index contributed by atoms with van der Waals surface area (Å²) in [5, 5.41) is 14.9. The summed E-state index contributed by atoms with van der Waals surface area (Å²) >= 11 is 2.46. The molecule has 0 aromatic heterocycles. The van der Waals surface area contributed by atoms with Crippen LogP contribution in [0.4, 0.5) is 0 Å². The fourth-order valence-electron chi connectivity index (χ4n) is 3.43. The molecule has 2 aliphatic carbocycles. The Morgan fingerprint density at radius 1 is 0.846 bits per heavy atom. The lowest BCUT2D eigenvalue weighted by atomic mass is 9.95. The Labute approximate surface area is 164 Å². The van der Waals surface area contributed by atoms with E-state index in [9.17, 15) is 9.59 Å². The Hall–Kier alpha value is -1.20. The molecule has 0 spiro atoms. The van der Waals surface area contributed by atoms with Crippen molar-refractivity contribution in [2.75, 3.05) is 11.5 Å². The third-order valence-corrected chi connectivity index (χ3v) is 6.93. The first-order chi connectivity index (χ1) is 12.7. The highest BCUT2D eigenvalue weighted by Gasteiger charge is 2.18. The van der Waals surface area contributed by atoms with E-state index in [0.29, 0.717) is 4.38 Å². The van der Waals surface area contributed by atoms with Crippen molar-refractivity contribution in [2.45, 2.75) is 76.3 Å². The molecule has 2 N–H and O–H groups in total. The van der Waals surface area contributed by atoms with E-state index in [2.05, 4.69) is 15.6 Å². The van der Waals surface area contributed by atoms with Gasteiger partial charge in [0.15, 0.2) is 0 Å². The van der Waals surface area contributed by atoms with E-state index in [1.165, 1.54) is 62.0 Å². The number of thioether (sulfide) groups is 2. The normalized spacial score (nSPS) is 18.6. The van der Waals surface area contributed by atoms with Gasteiger partial charge in [0.2, 0.25) is 18.0 Å². The van der Waals surface area contributed by atoms with Crippen molar-refractivity contribution in [3.05, 3.63) is 0 Å². The summed E-state index contributed by atoms with van der Waals surface area (Å²) in [7, 11) is 0. The zero-order chi connectivity index (χ0) is 18.6. The minimum Gasteiger partial charge on any atom is -0.353 e. The highest BCUT2D eigenvalue weighted by Crippen LogP contribution is 2.20. The van der Waals surface area contributed by atoms with Crippen molar-refractivity contribution in [1.82, 2.24) is 10.6 Å². The molecule has 2 saturated carbocycles. The molecule has 0 atom stereocenters. The average molecular weight is 397 g/mol. The second kappa shape index (κ2) is 12.2. The molecule has 0 saturated heterocycles. The number of amides is 2. The van der Waals surface area contributed by atoms with Gasteiger partial charge in [-0.1, -0.05) is 62.0 Å². The monoisotopic (exact) mass is 396 g/mol. The summed E-state index contributed by atoms with van der Waals surface area (Å²) in [5.74, 6) is 0.405. The Kier molecular flexibility index (Phi) is 9.93. The topological polar surface area (TPSA) is 94.3 Å². The lowest BCUT2D eigenvalue weighted by Crippen LogP contribution is -2.37. The van der Waals surface area contributed by atoms with Crippen LogP contribution in [0.25, 0.3) is 0 Å². The molecule has 2 aliphatic rings. The summed E-state index contributed by atoms with van der Waals surface area (Å²) in [5.41, 5.74) is 0. The highest BCUT2D eigenvalue weighted by atomic mass is 32.2. The maximum Gasteiger partial charge on any atom is 0.230 e. The molecule has 8 heteroatoms. The summed E-state index contributed by atoms with van der Waals surface area (Å²) in [6.07, 6.45) is 13.1. The number of nitrogens with zero attached hydrogens (tertiary/aromatic N) is 2. The Bertz CT molecular complexity index is 498. The summed E-state index contributed by atoms with van der Waals surface area (Å²) in [4.78, 5) is 27.9. The van der Waals surface area contributed by atoms with Crippen LogP contribution in [0.2, 0.25) is 0 Å². The summed E-state index contributed by atoms with van der Waals surface area (Å²) in [6.45, 7) is 0. The second-order valence-electron chi connectivity index (χ2n) is 6.86. The van der Waals surface area contributed by atoms with E-state index in [4.69, 9.17) is 5.26 Å². The fourth-order valence-corrected chi connectivity index (χ4v) is 5.01. The van der Waals surface area contributed by atoms with Crippen molar-refractivity contribution in [1.29, 1.82) is 5.26 Å². The largest absolute Gasteiger partial charge is 0.353 e. The van der Waals surface area contributed by atoms with Crippen LogP contribution < -0.4 is 10.6 Å². The number of rotatable bonds is 6. The van der Waals surface area contributed by atoms with Crippen LogP contribution in [0.3, 0.4) is 0 Å². The van der Waals surface area contributed by atoms with Gasteiger partial charge in [-0.25, -0.2) is 0 Å². The smallest absolute Gasteiger partial charge is 0.230 e. The maximum absolute atomic E-state index is 12.1. The number of nitriles is 1. The van der Waals surface area contributed by atoms with Crippen LogP contribution in [-0.4, -0.2) is 39.8 Å². The predicted molar refractivity (Wildman–Crippen MR) is 108 cm³/mol. The minimum atomic E-state index is -0.0280. The molecule has 0 unspecified atom stereocenters. The van der Waals surface area contributed by atoms with Gasteiger partial charge in [-0.2, -0.15) is 10.3 Å². The van der Waals surface area contributed by atoms with Gasteiger partial charge in [0.05, 0.1) is 11.5 Å². The number of carbonyl (C=O) groups is 2. The third kappa shape index (κ3) is 8.45. The summed E-state index contributed by atoms with van der Waals surface area (Å²) < 4.78 is 0.477. The quantitative estimate of drug-likeness (QED) is 0.408. The SMILES string of the molecule is N#CN=C(SCC(=O)NC1CCCCC1)SCC(=O)NC1CCCCC1. The molecule has 0 heterocycles. The molecule has 0 aromatic carbocycles. The molecule has 144 valence electrons. The van der Waals surface area contributed by atoms with Gasteiger partial charge >= 0.3 is 0 Å². The van der Waals surface area contributed by atoms with Crippen LogP contribution in [0, 0.1) is 11.5 Å². The first kappa shape index (κ1) is 21.1. The van der Waals surface area contributed by atoms with Gasteiger partial charge in [0.25, 0.3) is 0 Å². The molecular weight excluding hydrogens is 368 g/mol. The lowest BCUT2D eigenvalue weighted by molar-refractivity contribution is -0.120. The first-order valence-corrected chi connectivity index (χ1v) is 11.5. The van der Waals surface area contributed by atoms with Gasteiger partial charge in [-0.05, 0) is 25.7 Å². The molecule has 0 aliphatic heterocycles. The van der Waals surface area contributed by atoms with E-state index >= 15 is 0 Å². The predicted octanol–water partition coefficient (Wildman–Crippen LogP) is 3.19. The van der Waals surface area contributed by atoms with Crippen LogP contribution in [-0.2, 0) is 9.59 Å². The lowest BCUT2D eigenvalue weighted by Gasteiger charge is -2.23. The molecule has 26 heavy (non-hydrogen) atoms. The van der Waals surface area contributed by atoms with Crippen LogP contribution in [0.1, 0.15) is 64.2 Å². The van der Waals surface area contributed by atoms with Crippen LogP contribution >= 0.6 is 23.5 Å². The van der Waals surface area contributed by atoms with Crippen molar-refractivity contribution in [3.63, 3.8) is 0 Å². The van der Waals surface area contributed by atoms with E-state index in [0.717, 1.165) is 25.7 Å². The zero-order valence-electron chi connectivity index (χ0n) is 15.2. The summed E-state index contributed by atoms with van der Waals surface area (Å²) in [6, 6.07) is 0.559. The average Bonchev–Trinajstić information content (AvgIpc) is 2.65. The first-order valence-electron chi connectivity index (χ1n) is 9.48. The van der Waals surface area contributed by atoms with E-state index in [-0.39, 0.29) is 35.4 Å². The number of nitrogens with one attached hydrogen (secondary N) is 2. The van der Waals surface area contributed by atoms with Gasteiger partial charge in [-0.15, -0.1) is 0 Å². The molecule has 0 bridgehead atoms. The molecule has 6 nitrogen and oxygen atoms in total. The highest BCUT2D eigenvalue weighted by molar-refractivity contribution is 8.39. The molecule has 2 fully saturated rings. The van der Waals surface area contributed by atoms with Crippen LogP contribution in [0.15, 0.2) is 4.99 Å². The van der Waals surface area contributed by atoms with Crippen molar-refractivity contribution in [3.8, 4) is 6.19 Å². The van der Waals surface area contributed by atoms with Crippen molar-refractivity contribution in [2.24, 2.45) is 4.99 Å². The number of carbonyl (C=O) groups excluding carboxylic acids is 2. The van der Waals surface area contributed by atoms with Gasteiger partial charge in [0.1, 0.15) is 4.38 Å². The maximum atomic E-state index is 12.1. The van der Waals surface area contributed by atoms with Gasteiger partial charge in [-0.3, -0.25) is 9.59 Å². The van der Waals surface area contributed by atoms with E-state index < -0.39 is 0 Å². The van der Waals surface area contributed by atoms with E-state index in [1.807, 2.05) is 0 Å². The van der Waals surface area contributed by atoms with Crippen LogP contribution in [0.5, 0.6) is 0 Å². The molecule has 2 amide bonds. The Morgan fingerprint density at radius 3 is 1.65 bits per heavy atom. The number of hydrogen-bond acceptors (Lipinski definition) is 6. The number of aliphatic imine (C=N–C) groups is 1.